The summed E-state index contributed by atoms with van der Waals surface area (Å²) in [7, 11) is 3.56. The molecule has 0 bridgehead atoms. The average molecular weight is 325 g/mol. The van der Waals surface area contributed by atoms with E-state index in [2.05, 4.69) is 32.5 Å². The van der Waals surface area contributed by atoms with Crippen molar-refractivity contribution in [2.75, 3.05) is 7.11 Å². The highest BCUT2D eigenvalue weighted by atomic mass is 79.9. The molecule has 1 atom stereocenters. The molecule has 0 saturated carbocycles. The fourth-order valence-electron chi connectivity index (χ4n) is 2.08. The Labute approximate surface area is 120 Å². The molecule has 19 heavy (non-hydrogen) atoms. The highest BCUT2D eigenvalue weighted by Crippen LogP contribution is 2.26. The number of hydrazine groups is 1. The van der Waals surface area contributed by atoms with E-state index < -0.39 is 0 Å². The number of hydrogen-bond acceptors (Lipinski definition) is 4. The van der Waals surface area contributed by atoms with Gasteiger partial charge in [0.05, 0.1) is 29.5 Å². The minimum atomic E-state index is -0.0195. The molecule has 1 aromatic heterocycles. The molecule has 2 aromatic rings. The zero-order chi connectivity index (χ0) is 13.8. The van der Waals surface area contributed by atoms with Crippen LogP contribution in [0.2, 0.25) is 0 Å². The maximum atomic E-state index is 5.68. The summed E-state index contributed by atoms with van der Waals surface area (Å²) in [6.45, 7) is 0. The van der Waals surface area contributed by atoms with Gasteiger partial charge < -0.3 is 4.74 Å². The minimum absolute atomic E-state index is 0.0195. The van der Waals surface area contributed by atoms with Crippen LogP contribution in [-0.4, -0.2) is 16.9 Å². The van der Waals surface area contributed by atoms with E-state index in [1.807, 2.05) is 29.9 Å². The van der Waals surface area contributed by atoms with Crippen molar-refractivity contribution in [1.82, 2.24) is 15.2 Å². The normalized spacial score (nSPS) is 12.4. The topological polar surface area (TPSA) is 65.1 Å². The Bertz CT molecular complexity index is 536. The van der Waals surface area contributed by atoms with Crippen molar-refractivity contribution < 1.29 is 4.74 Å². The number of halogens is 1. The SMILES string of the molecule is COc1cccc(CC(NN)c2c(Br)cnn2C)c1. The maximum Gasteiger partial charge on any atom is 0.119 e. The van der Waals surface area contributed by atoms with Crippen molar-refractivity contribution in [3.8, 4) is 5.75 Å². The quantitative estimate of drug-likeness (QED) is 0.651. The van der Waals surface area contributed by atoms with Crippen LogP contribution in [0.3, 0.4) is 0 Å². The van der Waals surface area contributed by atoms with E-state index >= 15 is 0 Å². The van der Waals surface area contributed by atoms with Crippen molar-refractivity contribution in [2.45, 2.75) is 12.5 Å². The second-order valence-corrected chi connectivity index (χ2v) is 5.13. The monoisotopic (exact) mass is 324 g/mol. The zero-order valence-electron chi connectivity index (χ0n) is 10.9. The van der Waals surface area contributed by atoms with Gasteiger partial charge in [-0.15, -0.1) is 0 Å². The molecule has 0 spiro atoms. The van der Waals surface area contributed by atoms with Gasteiger partial charge in [-0.2, -0.15) is 5.10 Å². The lowest BCUT2D eigenvalue weighted by molar-refractivity contribution is 0.413. The van der Waals surface area contributed by atoms with E-state index in [4.69, 9.17) is 10.6 Å². The zero-order valence-corrected chi connectivity index (χ0v) is 12.5. The van der Waals surface area contributed by atoms with E-state index in [0.717, 1.165) is 27.9 Å². The molecule has 1 heterocycles. The molecule has 0 aliphatic heterocycles. The van der Waals surface area contributed by atoms with Gasteiger partial charge in [0.1, 0.15) is 5.75 Å². The number of nitrogens with two attached hydrogens (primary N) is 1. The van der Waals surface area contributed by atoms with Crippen LogP contribution in [0.15, 0.2) is 34.9 Å². The van der Waals surface area contributed by atoms with E-state index in [0.29, 0.717) is 0 Å². The van der Waals surface area contributed by atoms with Crippen molar-refractivity contribution in [1.29, 1.82) is 0 Å². The molecule has 0 radical (unpaired) electrons. The first-order chi connectivity index (χ1) is 9.15. The van der Waals surface area contributed by atoms with Gasteiger partial charge in [0.2, 0.25) is 0 Å². The Morgan fingerprint density at radius 2 is 2.32 bits per heavy atom. The fraction of sp³-hybridized carbons (Fsp3) is 0.308. The lowest BCUT2D eigenvalue weighted by atomic mass is 10.0. The second kappa shape index (κ2) is 6.18. The molecular weight excluding hydrogens is 308 g/mol. The van der Waals surface area contributed by atoms with Gasteiger partial charge in [-0.05, 0) is 40.0 Å². The van der Waals surface area contributed by atoms with Crippen molar-refractivity contribution in [3.63, 3.8) is 0 Å². The molecule has 102 valence electrons. The van der Waals surface area contributed by atoms with Gasteiger partial charge in [0, 0.05) is 7.05 Å². The summed E-state index contributed by atoms with van der Waals surface area (Å²) in [6.07, 6.45) is 2.52. The molecule has 0 saturated heterocycles. The second-order valence-electron chi connectivity index (χ2n) is 4.28. The van der Waals surface area contributed by atoms with E-state index in [-0.39, 0.29) is 6.04 Å². The van der Waals surface area contributed by atoms with Gasteiger partial charge in [-0.3, -0.25) is 16.0 Å². The van der Waals surface area contributed by atoms with Crippen LogP contribution in [0.4, 0.5) is 0 Å². The molecule has 0 amide bonds. The molecule has 1 unspecified atom stereocenters. The summed E-state index contributed by atoms with van der Waals surface area (Å²) in [5, 5.41) is 4.21. The number of hydrogen-bond donors (Lipinski definition) is 2. The first-order valence-corrected chi connectivity index (χ1v) is 6.71. The average Bonchev–Trinajstić information content (AvgIpc) is 2.76. The number of aryl methyl sites for hydroxylation is 1. The summed E-state index contributed by atoms with van der Waals surface area (Å²) in [5.41, 5.74) is 5.01. The summed E-state index contributed by atoms with van der Waals surface area (Å²) < 4.78 is 7.99. The predicted octanol–water partition coefficient (Wildman–Crippen LogP) is 1.94. The number of ether oxygens (including phenoxy) is 1. The van der Waals surface area contributed by atoms with Crippen LogP contribution in [0.5, 0.6) is 5.75 Å². The lowest BCUT2D eigenvalue weighted by Gasteiger charge is -2.17. The number of aromatic nitrogens is 2. The van der Waals surface area contributed by atoms with E-state index in [1.165, 1.54) is 0 Å². The Balaban J connectivity index is 2.24. The molecule has 6 heteroatoms. The highest BCUT2D eigenvalue weighted by Gasteiger charge is 2.18. The molecule has 5 nitrogen and oxygen atoms in total. The summed E-state index contributed by atoms with van der Waals surface area (Å²) in [6, 6.07) is 7.94. The van der Waals surface area contributed by atoms with Gasteiger partial charge >= 0.3 is 0 Å². The smallest absolute Gasteiger partial charge is 0.119 e. The maximum absolute atomic E-state index is 5.68. The molecule has 1 aromatic carbocycles. The van der Waals surface area contributed by atoms with E-state index in [1.54, 1.807) is 13.3 Å². The fourth-order valence-corrected chi connectivity index (χ4v) is 2.71. The molecule has 3 N–H and O–H groups in total. The van der Waals surface area contributed by atoms with Crippen LogP contribution in [0.25, 0.3) is 0 Å². The summed E-state index contributed by atoms with van der Waals surface area (Å²) in [4.78, 5) is 0. The lowest BCUT2D eigenvalue weighted by Crippen LogP contribution is -2.31. The first-order valence-electron chi connectivity index (χ1n) is 5.92. The molecule has 0 aliphatic carbocycles. The summed E-state index contributed by atoms with van der Waals surface area (Å²) >= 11 is 3.50. The molecular formula is C13H17BrN4O. The van der Waals surface area contributed by atoms with Crippen molar-refractivity contribution in [3.05, 3.63) is 46.2 Å². The van der Waals surface area contributed by atoms with E-state index in [9.17, 15) is 0 Å². The third-order valence-corrected chi connectivity index (χ3v) is 3.65. The largest absolute Gasteiger partial charge is 0.497 e. The number of benzene rings is 1. The summed E-state index contributed by atoms with van der Waals surface area (Å²) in [5.74, 6) is 6.52. The molecule has 0 fully saturated rings. The van der Waals surface area contributed by atoms with Crippen LogP contribution in [0.1, 0.15) is 17.3 Å². The minimum Gasteiger partial charge on any atom is -0.497 e. The molecule has 0 aliphatic rings. The van der Waals surface area contributed by atoms with Gasteiger partial charge in [0.15, 0.2) is 0 Å². The predicted molar refractivity (Wildman–Crippen MR) is 77.7 cm³/mol. The van der Waals surface area contributed by atoms with Gasteiger partial charge in [0.25, 0.3) is 0 Å². The van der Waals surface area contributed by atoms with Crippen LogP contribution in [-0.2, 0) is 13.5 Å². The number of rotatable bonds is 5. The van der Waals surface area contributed by atoms with Crippen LogP contribution < -0.4 is 16.0 Å². The van der Waals surface area contributed by atoms with Gasteiger partial charge in [-0.25, -0.2) is 0 Å². The van der Waals surface area contributed by atoms with Gasteiger partial charge in [-0.1, -0.05) is 12.1 Å². The standard InChI is InChI=1S/C13H17BrN4O/c1-18-13(11(14)8-16-18)12(17-15)7-9-4-3-5-10(6-9)19-2/h3-6,8,12,17H,7,15H2,1-2H3. The Hall–Kier alpha value is -1.37. The first kappa shape index (κ1) is 14.0. The third-order valence-electron chi connectivity index (χ3n) is 3.04. The Kier molecular flexibility index (Phi) is 4.57. The Morgan fingerprint density at radius 3 is 2.89 bits per heavy atom. The highest BCUT2D eigenvalue weighted by molar-refractivity contribution is 9.10. The third kappa shape index (κ3) is 3.15. The van der Waals surface area contributed by atoms with Crippen LogP contribution >= 0.6 is 15.9 Å². The van der Waals surface area contributed by atoms with Crippen molar-refractivity contribution >= 4 is 15.9 Å². The number of nitrogens with one attached hydrogen (secondary N) is 1. The number of methoxy groups -OCH3 is 1. The number of nitrogens with zero attached hydrogens (tertiary/aromatic N) is 2. The molecule has 2 rings (SSSR count). The Morgan fingerprint density at radius 1 is 1.53 bits per heavy atom. The van der Waals surface area contributed by atoms with Crippen LogP contribution in [0, 0.1) is 0 Å². The van der Waals surface area contributed by atoms with Crippen molar-refractivity contribution in [2.24, 2.45) is 12.9 Å².